The third kappa shape index (κ3) is 5.08. The summed E-state index contributed by atoms with van der Waals surface area (Å²) in [5.74, 6) is 0.201. The Morgan fingerprint density at radius 1 is 1.20 bits per heavy atom. The van der Waals surface area contributed by atoms with Crippen LogP contribution in [0.4, 0.5) is 13.2 Å². The number of aryl methyl sites for hydroxylation is 1. The van der Waals surface area contributed by atoms with Gasteiger partial charge < -0.3 is 14.3 Å². The Morgan fingerprint density at radius 3 is 2.53 bits per heavy atom. The maximum absolute atomic E-state index is 12.7. The zero-order chi connectivity index (χ0) is 21.9. The third-order valence-corrected chi connectivity index (χ3v) is 4.31. The smallest absolute Gasteiger partial charge is 0.416 e. The average molecular weight is 417 g/mol. The first-order chi connectivity index (χ1) is 14.1. The Labute approximate surface area is 170 Å². The number of carbonyl (C=O) groups is 1. The molecule has 5 nitrogen and oxygen atoms in total. The van der Waals surface area contributed by atoms with Gasteiger partial charge in [-0.05, 0) is 61.9 Å². The first-order valence-corrected chi connectivity index (χ1v) is 8.92. The van der Waals surface area contributed by atoms with Gasteiger partial charge in [0, 0.05) is 11.1 Å². The number of rotatable bonds is 6. The van der Waals surface area contributed by atoms with Gasteiger partial charge in [-0.2, -0.15) is 13.2 Å². The molecular weight excluding hydrogens is 399 g/mol. The van der Waals surface area contributed by atoms with Crippen LogP contribution in [0.5, 0.6) is 5.75 Å². The van der Waals surface area contributed by atoms with E-state index in [0.29, 0.717) is 28.3 Å². The highest BCUT2D eigenvalue weighted by Crippen LogP contribution is 2.31. The number of nitrogens with zero attached hydrogens (tertiary/aromatic N) is 1. The zero-order valence-corrected chi connectivity index (χ0v) is 16.2. The van der Waals surface area contributed by atoms with Gasteiger partial charge in [0.1, 0.15) is 23.8 Å². The lowest BCUT2D eigenvalue weighted by Crippen LogP contribution is -2.04. The van der Waals surface area contributed by atoms with Gasteiger partial charge in [0.25, 0.3) is 0 Å². The normalized spacial score (nSPS) is 12.1. The highest BCUT2D eigenvalue weighted by molar-refractivity contribution is 5.91. The molecule has 0 fully saturated rings. The summed E-state index contributed by atoms with van der Waals surface area (Å²) >= 11 is 0. The van der Waals surface area contributed by atoms with Crippen LogP contribution in [0.1, 0.15) is 29.5 Å². The van der Waals surface area contributed by atoms with Crippen molar-refractivity contribution in [1.29, 1.82) is 0 Å². The molecular formula is C22H18F3NO4. The predicted octanol–water partition coefficient (Wildman–Crippen LogP) is 5.74. The van der Waals surface area contributed by atoms with Gasteiger partial charge in [0.2, 0.25) is 5.89 Å². The van der Waals surface area contributed by atoms with Crippen LogP contribution in [0.25, 0.3) is 17.5 Å². The van der Waals surface area contributed by atoms with Gasteiger partial charge in [-0.15, -0.1) is 0 Å². The summed E-state index contributed by atoms with van der Waals surface area (Å²) in [5.41, 5.74) is 1.06. The number of benzene rings is 2. The maximum atomic E-state index is 12.7. The van der Waals surface area contributed by atoms with Crippen molar-refractivity contribution in [2.75, 3.05) is 0 Å². The number of aliphatic carboxylic acids is 1. The summed E-state index contributed by atoms with van der Waals surface area (Å²) in [6, 6.07) is 11.5. The first-order valence-electron chi connectivity index (χ1n) is 8.92. The van der Waals surface area contributed by atoms with Gasteiger partial charge in [0.15, 0.2) is 0 Å². The monoisotopic (exact) mass is 417 g/mol. The fourth-order valence-corrected chi connectivity index (χ4v) is 2.64. The van der Waals surface area contributed by atoms with Crippen LogP contribution in [0.2, 0.25) is 0 Å². The molecule has 30 heavy (non-hydrogen) atoms. The van der Waals surface area contributed by atoms with Crippen LogP contribution in [0, 0.1) is 6.92 Å². The van der Waals surface area contributed by atoms with Crippen LogP contribution in [-0.2, 0) is 17.6 Å². The number of ether oxygens (including phenoxy) is 1. The van der Waals surface area contributed by atoms with E-state index in [0.717, 1.165) is 12.1 Å². The summed E-state index contributed by atoms with van der Waals surface area (Å²) in [7, 11) is 0. The summed E-state index contributed by atoms with van der Waals surface area (Å²) in [6.45, 7) is 3.27. The minimum absolute atomic E-state index is 0.0844. The standard InChI is InChI=1S/C22H18F3NO4/c1-13(21(27)28)10-15-4-3-5-18(11-15)29-12-19-14(2)30-20(26-19)16-6-8-17(9-7-16)22(23,24)25/h3-11H,12H2,1-2H3,(H,27,28)/b13-10+. The second-order valence-electron chi connectivity index (χ2n) is 6.59. The van der Waals surface area contributed by atoms with E-state index in [4.69, 9.17) is 14.3 Å². The van der Waals surface area contributed by atoms with Crippen molar-refractivity contribution in [2.45, 2.75) is 26.6 Å². The molecule has 1 aromatic heterocycles. The van der Waals surface area contributed by atoms with Gasteiger partial charge in [-0.25, -0.2) is 9.78 Å². The summed E-state index contributed by atoms with van der Waals surface area (Å²) in [5, 5.41) is 8.97. The Kier molecular flexibility index (Phi) is 5.96. The lowest BCUT2D eigenvalue weighted by molar-refractivity contribution is -0.137. The van der Waals surface area contributed by atoms with Crippen LogP contribution >= 0.6 is 0 Å². The van der Waals surface area contributed by atoms with Crippen LogP contribution in [-0.4, -0.2) is 16.1 Å². The van der Waals surface area contributed by atoms with Crippen molar-refractivity contribution in [3.8, 4) is 17.2 Å². The second kappa shape index (κ2) is 8.44. The summed E-state index contributed by atoms with van der Waals surface area (Å²) < 4.78 is 49.4. The molecule has 0 spiro atoms. The Hall–Kier alpha value is -3.55. The number of alkyl halides is 3. The van der Waals surface area contributed by atoms with Gasteiger partial charge in [-0.1, -0.05) is 12.1 Å². The van der Waals surface area contributed by atoms with Crippen molar-refractivity contribution in [3.05, 3.63) is 76.7 Å². The largest absolute Gasteiger partial charge is 0.487 e. The maximum Gasteiger partial charge on any atom is 0.416 e. The fourth-order valence-electron chi connectivity index (χ4n) is 2.64. The quantitative estimate of drug-likeness (QED) is 0.518. The van der Waals surface area contributed by atoms with Crippen LogP contribution in [0.15, 0.2) is 58.5 Å². The zero-order valence-electron chi connectivity index (χ0n) is 16.2. The molecule has 0 saturated heterocycles. The number of carboxylic acids is 1. The van der Waals surface area contributed by atoms with E-state index < -0.39 is 17.7 Å². The lowest BCUT2D eigenvalue weighted by Gasteiger charge is -2.06. The number of carboxylic acid groups (broad SMARTS) is 1. The second-order valence-corrected chi connectivity index (χ2v) is 6.59. The predicted molar refractivity (Wildman–Crippen MR) is 104 cm³/mol. The van der Waals surface area contributed by atoms with Crippen molar-refractivity contribution >= 4 is 12.0 Å². The topological polar surface area (TPSA) is 72.6 Å². The molecule has 0 radical (unpaired) electrons. The minimum atomic E-state index is -4.41. The molecule has 0 aliphatic heterocycles. The van der Waals surface area contributed by atoms with Crippen molar-refractivity contribution < 1.29 is 32.2 Å². The Morgan fingerprint density at radius 2 is 1.90 bits per heavy atom. The van der Waals surface area contributed by atoms with E-state index in [1.165, 1.54) is 25.1 Å². The molecule has 0 amide bonds. The number of hydrogen-bond acceptors (Lipinski definition) is 4. The van der Waals surface area contributed by atoms with E-state index in [-0.39, 0.29) is 18.1 Å². The van der Waals surface area contributed by atoms with E-state index in [2.05, 4.69) is 4.98 Å². The molecule has 0 aliphatic rings. The van der Waals surface area contributed by atoms with E-state index in [1.54, 1.807) is 31.2 Å². The molecule has 0 bridgehead atoms. The SMILES string of the molecule is C/C(=C\c1cccc(OCc2nc(-c3ccc(C(F)(F)F)cc3)oc2C)c1)C(=O)O. The molecule has 0 atom stereocenters. The molecule has 0 aliphatic carbocycles. The highest BCUT2D eigenvalue weighted by atomic mass is 19.4. The molecule has 1 heterocycles. The number of halogens is 3. The molecule has 8 heteroatoms. The van der Waals surface area contributed by atoms with Gasteiger partial charge in [-0.3, -0.25) is 0 Å². The number of hydrogen-bond donors (Lipinski definition) is 1. The Balaban J connectivity index is 1.73. The molecule has 0 unspecified atom stereocenters. The lowest BCUT2D eigenvalue weighted by atomic mass is 10.1. The summed E-state index contributed by atoms with van der Waals surface area (Å²) in [4.78, 5) is 15.3. The van der Waals surface area contributed by atoms with E-state index in [1.807, 2.05) is 0 Å². The van der Waals surface area contributed by atoms with Crippen molar-refractivity contribution in [3.63, 3.8) is 0 Å². The van der Waals surface area contributed by atoms with Crippen molar-refractivity contribution in [1.82, 2.24) is 4.98 Å². The first kappa shape index (κ1) is 21.2. The number of aromatic nitrogens is 1. The molecule has 3 aromatic rings. The van der Waals surface area contributed by atoms with Crippen molar-refractivity contribution in [2.24, 2.45) is 0 Å². The molecule has 2 aromatic carbocycles. The summed E-state index contributed by atoms with van der Waals surface area (Å²) in [6.07, 6.45) is -2.88. The molecule has 156 valence electrons. The fraction of sp³-hybridized carbons (Fsp3) is 0.182. The average Bonchev–Trinajstić information content (AvgIpc) is 3.06. The molecule has 0 saturated carbocycles. The van der Waals surface area contributed by atoms with Crippen LogP contribution < -0.4 is 4.74 Å². The molecule has 1 N–H and O–H groups in total. The highest BCUT2D eigenvalue weighted by Gasteiger charge is 2.30. The van der Waals surface area contributed by atoms with E-state index >= 15 is 0 Å². The van der Waals surface area contributed by atoms with Crippen LogP contribution in [0.3, 0.4) is 0 Å². The Bertz CT molecular complexity index is 1080. The third-order valence-electron chi connectivity index (χ3n) is 4.31. The minimum Gasteiger partial charge on any atom is -0.487 e. The number of oxazole rings is 1. The molecule has 3 rings (SSSR count). The van der Waals surface area contributed by atoms with Gasteiger partial charge in [0.05, 0.1) is 5.56 Å². The van der Waals surface area contributed by atoms with E-state index in [9.17, 15) is 18.0 Å². The van der Waals surface area contributed by atoms with Gasteiger partial charge >= 0.3 is 12.1 Å².